The number of morpholine rings is 1. The third-order valence-electron chi connectivity index (χ3n) is 3.48. The van der Waals surface area contributed by atoms with Crippen LogP contribution in [0.1, 0.15) is 0 Å². The van der Waals surface area contributed by atoms with E-state index in [1.807, 2.05) is 23.6 Å². The van der Waals surface area contributed by atoms with Gasteiger partial charge in [0.15, 0.2) is 5.13 Å². The van der Waals surface area contributed by atoms with E-state index in [-0.39, 0.29) is 0 Å². The van der Waals surface area contributed by atoms with Crippen LogP contribution in [0.3, 0.4) is 0 Å². The van der Waals surface area contributed by atoms with Crippen LogP contribution in [0, 0.1) is 10.7 Å². The largest absolute Gasteiger partial charge is 0.448 e. The van der Waals surface area contributed by atoms with Gasteiger partial charge in [0.2, 0.25) is 0 Å². The summed E-state index contributed by atoms with van der Waals surface area (Å²) < 4.78 is 11.4. The molecule has 9 heteroatoms. The SMILES string of the molecule is N#CSc1ccc2nc(NC(=O)OCCN3CCOCC3)sc2c1. The maximum Gasteiger partial charge on any atom is 0.413 e. The number of thiocyanates is 1. The van der Waals surface area contributed by atoms with Crippen molar-refractivity contribution < 1.29 is 14.3 Å². The molecule has 2 heterocycles. The Bertz CT molecular complexity index is 753. The summed E-state index contributed by atoms with van der Waals surface area (Å²) in [4.78, 5) is 19.2. The number of nitrogens with zero attached hydrogens (tertiary/aromatic N) is 3. The topological polar surface area (TPSA) is 87.5 Å². The number of thioether (sulfide) groups is 1. The quantitative estimate of drug-likeness (QED) is 0.645. The van der Waals surface area contributed by atoms with Gasteiger partial charge in [-0.25, -0.2) is 9.78 Å². The fraction of sp³-hybridized carbons (Fsp3) is 0.400. The van der Waals surface area contributed by atoms with E-state index >= 15 is 0 Å². The first kappa shape index (κ1) is 17.0. The van der Waals surface area contributed by atoms with E-state index < -0.39 is 6.09 Å². The van der Waals surface area contributed by atoms with Crippen molar-refractivity contribution in [2.75, 3.05) is 44.8 Å². The second-order valence-corrected chi connectivity index (χ2v) is 6.95. The molecule has 2 aromatic rings. The number of carbonyl (C=O) groups is 1. The first-order chi connectivity index (χ1) is 11.7. The van der Waals surface area contributed by atoms with Gasteiger partial charge in [-0.1, -0.05) is 11.3 Å². The van der Waals surface area contributed by atoms with E-state index in [0.717, 1.165) is 53.2 Å². The van der Waals surface area contributed by atoms with Crippen molar-refractivity contribution in [3.8, 4) is 5.40 Å². The van der Waals surface area contributed by atoms with E-state index in [2.05, 4.69) is 15.2 Å². The van der Waals surface area contributed by atoms with Crippen molar-refractivity contribution >= 4 is 44.5 Å². The van der Waals surface area contributed by atoms with E-state index in [4.69, 9.17) is 14.7 Å². The summed E-state index contributed by atoms with van der Waals surface area (Å²) >= 11 is 2.45. The van der Waals surface area contributed by atoms with Gasteiger partial charge in [0.25, 0.3) is 0 Å². The summed E-state index contributed by atoms with van der Waals surface area (Å²) in [5, 5.41) is 13.9. The lowest BCUT2D eigenvalue weighted by Gasteiger charge is -2.26. The maximum absolute atomic E-state index is 11.8. The Hall–Kier alpha value is -1.86. The summed E-state index contributed by atoms with van der Waals surface area (Å²) in [6, 6.07) is 5.55. The molecule has 1 aliphatic heterocycles. The van der Waals surface area contributed by atoms with E-state index in [1.54, 1.807) is 0 Å². The summed E-state index contributed by atoms with van der Waals surface area (Å²) in [5.41, 5.74) is 0.783. The predicted octanol–water partition coefficient (Wildman–Crippen LogP) is 2.75. The van der Waals surface area contributed by atoms with Crippen LogP contribution in [0.25, 0.3) is 10.2 Å². The molecule has 1 fully saturated rings. The summed E-state index contributed by atoms with van der Waals surface area (Å²) in [5.74, 6) is 0. The number of fused-ring (bicyclic) bond motifs is 1. The normalized spacial score (nSPS) is 15.1. The molecule has 0 radical (unpaired) electrons. The molecule has 3 rings (SSSR count). The first-order valence-corrected chi connectivity index (χ1v) is 9.08. The van der Waals surface area contributed by atoms with Crippen LogP contribution in [-0.4, -0.2) is 55.4 Å². The molecule has 1 aromatic carbocycles. The minimum Gasteiger partial charge on any atom is -0.448 e. The molecule has 0 saturated carbocycles. The molecule has 7 nitrogen and oxygen atoms in total. The van der Waals surface area contributed by atoms with Gasteiger partial charge < -0.3 is 9.47 Å². The molecule has 0 atom stereocenters. The van der Waals surface area contributed by atoms with Gasteiger partial charge in [-0.2, -0.15) is 5.26 Å². The summed E-state index contributed by atoms with van der Waals surface area (Å²) in [6.45, 7) is 4.22. The number of benzene rings is 1. The Balaban J connectivity index is 1.50. The Morgan fingerprint density at radius 2 is 2.33 bits per heavy atom. The number of hydrogen-bond donors (Lipinski definition) is 1. The smallest absolute Gasteiger partial charge is 0.413 e. The second kappa shape index (κ2) is 8.30. The van der Waals surface area contributed by atoms with Crippen molar-refractivity contribution in [3.05, 3.63) is 18.2 Å². The molecular formula is C15H16N4O3S2. The average molecular weight is 364 g/mol. The van der Waals surface area contributed by atoms with Gasteiger partial charge in [-0.15, -0.1) is 0 Å². The highest BCUT2D eigenvalue weighted by Crippen LogP contribution is 2.29. The highest BCUT2D eigenvalue weighted by atomic mass is 32.2. The van der Waals surface area contributed by atoms with E-state index in [1.165, 1.54) is 11.3 Å². The molecule has 0 unspecified atom stereocenters. The highest BCUT2D eigenvalue weighted by Gasteiger charge is 2.12. The summed E-state index contributed by atoms with van der Waals surface area (Å²) in [6.07, 6.45) is -0.506. The van der Waals surface area contributed by atoms with E-state index in [9.17, 15) is 4.79 Å². The van der Waals surface area contributed by atoms with Gasteiger partial charge in [-0.3, -0.25) is 10.2 Å². The molecule has 1 aliphatic rings. The average Bonchev–Trinajstić information content (AvgIpc) is 2.97. The lowest BCUT2D eigenvalue weighted by atomic mass is 10.3. The Kier molecular flexibility index (Phi) is 5.87. The third kappa shape index (κ3) is 4.58. The Morgan fingerprint density at radius 1 is 1.50 bits per heavy atom. The van der Waals surface area contributed by atoms with Gasteiger partial charge in [0.05, 0.1) is 23.4 Å². The van der Waals surface area contributed by atoms with Crippen LogP contribution in [0.15, 0.2) is 23.1 Å². The molecule has 1 aromatic heterocycles. The first-order valence-electron chi connectivity index (χ1n) is 7.45. The predicted molar refractivity (Wildman–Crippen MR) is 93.3 cm³/mol. The number of hydrogen-bond acceptors (Lipinski definition) is 8. The number of amides is 1. The Labute approximate surface area is 147 Å². The molecular weight excluding hydrogens is 348 g/mol. The lowest BCUT2D eigenvalue weighted by molar-refractivity contribution is 0.0290. The van der Waals surface area contributed by atoms with Crippen LogP contribution in [0.2, 0.25) is 0 Å². The number of carbonyl (C=O) groups excluding carboxylic acids is 1. The van der Waals surface area contributed by atoms with Crippen molar-refractivity contribution in [3.63, 3.8) is 0 Å². The van der Waals surface area contributed by atoms with Crippen molar-refractivity contribution in [1.29, 1.82) is 5.26 Å². The molecule has 1 amide bonds. The molecule has 0 aliphatic carbocycles. The molecule has 24 heavy (non-hydrogen) atoms. The fourth-order valence-electron chi connectivity index (χ4n) is 2.29. The van der Waals surface area contributed by atoms with Crippen molar-refractivity contribution in [2.45, 2.75) is 4.90 Å². The van der Waals surface area contributed by atoms with E-state index in [0.29, 0.717) is 18.3 Å². The van der Waals surface area contributed by atoms with Crippen LogP contribution < -0.4 is 5.32 Å². The molecule has 0 bridgehead atoms. The minimum absolute atomic E-state index is 0.333. The second-order valence-electron chi connectivity index (χ2n) is 5.06. The number of ether oxygens (including phenoxy) is 2. The maximum atomic E-state index is 11.8. The molecule has 1 saturated heterocycles. The van der Waals surface area contributed by atoms with Crippen LogP contribution in [0.4, 0.5) is 9.93 Å². The fourth-order valence-corrected chi connectivity index (χ4v) is 3.67. The van der Waals surface area contributed by atoms with Crippen molar-refractivity contribution in [2.24, 2.45) is 0 Å². The third-order valence-corrected chi connectivity index (χ3v) is 4.99. The highest BCUT2D eigenvalue weighted by molar-refractivity contribution is 8.03. The lowest BCUT2D eigenvalue weighted by Crippen LogP contribution is -2.38. The van der Waals surface area contributed by atoms with Gasteiger partial charge >= 0.3 is 6.09 Å². The summed E-state index contributed by atoms with van der Waals surface area (Å²) in [7, 11) is 0. The Morgan fingerprint density at radius 3 is 3.12 bits per heavy atom. The number of rotatable bonds is 5. The number of nitriles is 1. The molecule has 0 spiro atoms. The minimum atomic E-state index is -0.506. The van der Waals surface area contributed by atoms with Crippen molar-refractivity contribution in [1.82, 2.24) is 9.88 Å². The molecule has 126 valence electrons. The van der Waals surface area contributed by atoms with Gasteiger partial charge in [0.1, 0.15) is 12.0 Å². The van der Waals surface area contributed by atoms with Crippen LogP contribution in [-0.2, 0) is 9.47 Å². The number of nitrogens with one attached hydrogen (secondary N) is 1. The standard InChI is InChI=1S/C15H16N4O3S2/c16-10-23-11-1-2-12-13(9-11)24-14(17-12)18-15(20)22-8-5-19-3-6-21-7-4-19/h1-2,9H,3-8H2,(H,17,18,20). The zero-order chi connectivity index (χ0) is 16.8. The van der Waals surface area contributed by atoms with Gasteiger partial charge in [-0.05, 0) is 30.0 Å². The van der Waals surface area contributed by atoms with Crippen LogP contribution >= 0.6 is 23.1 Å². The molecule has 1 N–H and O–H groups in total. The zero-order valence-electron chi connectivity index (χ0n) is 12.9. The number of anilines is 1. The number of aromatic nitrogens is 1. The van der Waals surface area contributed by atoms with Gasteiger partial charge in [0, 0.05) is 24.5 Å². The van der Waals surface area contributed by atoms with Crippen LogP contribution in [0.5, 0.6) is 0 Å². The zero-order valence-corrected chi connectivity index (χ0v) is 14.5. The number of thiazole rings is 1. The monoisotopic (exact) mass is 364 g/mol.